The van der Waals surface area contributed by atoms with E-state index in [1.165, 1.54) is 5.56 Å². The van der Waals surface area contributed by atoms with Gasteiger partial charge in [0.15, 0.2) is 0 Å². The summed E-state index contributed by atoms with van der Waals surface area (Å²) in [6, 6.07) is 20.5. The Morgan fingerprint density at radius 1 is 1.08 bits per heavy atom. The lowest BCUT2D eigenvalue weighted by Gasteiger charge is -2.43. The molecule has 11 heteroatoms. The summed E-state index contributed by atoms with van der Waals surface area (Å²) in [7, 11) is -1.89. The second kappa shape index (κ2) is 18.8. The maximum Gasteiger partial charge on any atom is 0.420 e. The Balaban J connectivity index is 1.51. The Hall–Kier alpha value is -4.12. The Labute approximate surface area is 320 Å². The summed E-state index contributed by atoms with van der Waals surface area (Å²) < 4.78 is 38.8. The molecule has 3 aromatic rings. The van der Waals surface area contributed by atoms with Gasteiger partial charge in [0, 0.05) is 30.8 Å². The molecule has 0 aromatic heterocycles. The van der Waals surface area contributed by atoms with E-state index in [0.29, 0.717) is 48.7 Å². The number of methoxy groups -OCH3 is 1. The van der Waals surface area contributed by atoms with E-state index in [9.17, 15) is 13.8 Å². The molecule has 3 aromatic carbocycles. The van der Waals surface area contributed by atoms with Crippen LogP contribution in [0.3, 0.4) is 0 Å². The lowest BCUT2D eigenvalue weighted by molar-refractivity contribution is 0.0137. The van der Waals surface area contributed by atoms with E-state index in [0.717, 1.165) is 48.9 Å². The van der Waals surface area contributed by atoms with Gasteiger partial charge >= 0.3 is 6.09 Å². The zero-order valence-electron chi connectivity index (χ0n) is 31.0. The highest BCUT2D eigenvalue weighted by atomic mass is 35.5. The summed E-state index contributed by atoms with van der Waals surface area (Å²) in [5.74, 6) is 0.311. The van der Waals surface area contributed by atoms with Crippen LogP contribution >= 0.6 is 11.6 Å². The second-order valence-corrected chi connectivity index (χ2v) is 16.5. The fourth-order valence-corrected chi connectivity index (χ4v) is 9.16. The number of anilines is 1. The molecule has 2 aliphatic rings. The van der Waals surface area contributed by atoms with Gasteiger partial charge in [0.25, 0.3) is 5.91 Å². The van der Waals surface area contributed by atoms with Gasteiger partial charge < -0.3 is 19.1 Å². The van der Waals surface area contributed by atoms with E-state index in [1.54, 1.807) is 38.3 Å². The van der Waals surface area contributed by atoms with Gasteiger partial charge in [0.1, 0.15) is 21.8 Å². The van der Waals surface area contributed by atoms with Crippen LogP contribution in [0.15, 0.2) is 96.4 Å². The molecule has 1 heterocycles. The molecule has 2 amide bonds. The average molecular weight is 762 g/mol. The number of carbonyl (C=O) groups is 2. The average Bonchev–Trinajstić information content (AvgIpc) is 3.15. The molecule has 0 radical (unpaired) electrons. The van der Waals surface area contributed by atoms with Crippen LogP contribution in [-0.4, -0.2) is 48.3 Å². The summed E-state index contributed by atoms with van der Waals surface area (Å²) >= 11 is 6.46. The number of nitrogens with zero attached hydrogens (tertiary/aromatic N) is 2. The minimum absolute atomic E-state index is 0.0577. The summed E-state index contributed by atoms with van der Waals surface area (Å²) in [5.41, 5.74) is 4.08. The minimum atomic E-state index is -3.61. The van der Waals surface area contributed by atoms with E-state index in [4.69, 9.17) is 25.8 Å². The van der Waals surface area contributed by atoms with Crippen molar-refractivity contribution in [1.29, 1.82) is 0 Å². The maximum absolute atomic E-state index is 14.4. The number of hydrogen-bond donors (Lipinski definition) is 1. The topological polar surface area (TPSA) is 107 Å². The monoisotopic (exact) mass is 761 g/mol. The van der Waals surface area contributed by atoms with E-state index >= 15 is 0 Å². The number of nitrogens with one attached hydrogen (secondary N) is 1. The van der Waals surface area contributed by atoms with Gasteiger partial charge in [-0.3, -0.25) is 4.79 Å². The van der Waals surface area contributed by atoms with Crippen LogP contribution in [0.25, 0.3) is 0 Å². The molecular formula is C42H52ClN3O6S. The van der Waals surface area contributed by atoms with Crippen LogP contribution in [0.2, 0.25) is 5.02 Å². The molecule has 1 N–H and O–H groups in total. The molecule has 0 spiro atoms. The van der Waals surface area contributed by atoms with Crippen LogP contribution in [0.4, 0.5) is 10.5 Å². The Kier molecular flexibility index (Phi) is 14.2. The Bertz CT molecular complexity index is 1880. The smallest absolute Gasteiger partial charge is 0.420 e. The maximum atomic E-state index is 14.4. The van der Waals surface area contributed by atoms with Gasteiger partial charge in [-0.2, -0.15) is 0 Å². The van der Waals surface area contributed by atoms with Crippen molar-refractivity contribution < 1.29 is 28.0 Å². The van der Waals surface area contributed by atoms with Gasteiger partial charge in [0.05, 0.1) is 24.2 Å². The van der Waals surface area contributed by atoms with Gasteiger partial charge in [0.2, 0.25) is 0 Å². The van der Waals surface area contributed by atoms with Gasteiger partial charge in [-0.05, 0) is 110 Å². The first-order chi connectivity index (χ1) is 25.5. The molecular weight excluding hydrogens is 710 g/mol. The number of benzene rings is 3. The predicted octanol–water partition coefficient (Wildman–Crippen LogP) is 9.51. The fraction of sp³-hybridized carbons (Fsp3) is 0.429. The number of fused-ring (bicyclic) bond motifs is 2. The van der Waals surface area contributed by atoms with Crippen molar-refractivity contribution in [3.8, 4) is 5.75 Å². The van der Waals surface area contributed by atoms with Crippen molar-refractivity contribution in [3.63, 3.8) is 0 Å². The molecule has 1 unspecified atom stereocenters. The number of aryl methyl sites for hydroxylation is 1. The SMILES string of the molecule is C=CC[C@H](C)CS(=O)(=NC(=O)c1ccc2c(c1)N(C[C@@H]1CC[C@H]1[C@H](C=C)OC)Cc1ccc(Cl)cc1CCCCO2)NC(=O)O[C@@H](C)c1ccccc1. The largest absolute Gasteiger partial charge is 0.491 e. The second-order valence-electron chi connectivity index (χ2n) is 14.1. The zero-order chi connectivity index (χ0) is 38.0. The minimum Gasteiger partial charge on any atom is -0.491 e. The number of rotatable bonds is 13. The Morgan fingerprint density at radius 2 is 1.87 bits per heavy atom. The molecule has 1 saturated carbocycles. The summed E-state index contributed by atoms with van der Waals surface area (Å²) in [5, 5.41) is 0.697. The lowest BCUT2D eigenvalue weighted by Crippen LogP contribution is -2.43. The van der Waals surface area contributed by atoms with Crippen LogP contribution in [0.1, 0.15) is 79.1 Å². The number of amides is 2. The van der Waals surface area contributed by atoms with Crippen molar-refractivity contribution in [2.45, 2.75) is 71.1 Å². The molecule has 0 saturated heterocycles. The highest BCUT2D eigenvalue weighted by Gasteiger charge is 2.37. The zero-order valence-corrected chi connectivity index (χ0v) is 32.6. The first-order valence-corrected chi connectivity index (χ1v) is 20.5. The molecule has 1 aliphatic heterocycles. The van der Waals surface area contributed by atoms with Crippen molar-refractivity contribution in [2.75, 3.05) is 30.9 Å². The van der Waals surface area contributed by atoms with E-state index in [-0.39, 0.29) is 23.3 Å². The third kappa shape index (κ3) is 10.7. The number of hydrogen-bond acceptors (Lipinski definition) is 7. The third-order valence-corrected chi connectivity index (χ3v) is 12.3. The standard InChI is InChI=1S/C42H52ClN3O6S/c1-6-13-29(3)28-53(49,45-42(48)52-30(4)31-14-9-8-10-15-31)44-41(47)33-19-22-40-38(25-33)46(27-35-18-21-37(35)39(7-2)50-5)26-34-17-20-36(43)24-32(34)16-11-12-23-51-40/h6-10,14-15,17,19-20,22,24-25,29-30,35,37,39H,1-2,11-13,16,18,21,23,26-28H2,3-5H3,(H,44,45,47,48,49)/t29-,30-,35-,37+,39-,53?/m0/s1. The molecule has 6 atom stereocenters. The molecule has 284 valence electrons. The van der Waals surface area contributed by atoms with Crippen LogP contribution in [-0.2, 0) is 32.4 Å². The van der Waals surface area contributed by atoms with Gasteiger partial charge in [-0.15, -0.1) is 17.5 Å². The van der Waals surface area contributed by atoms with Crippen molar-refractivity contribution in [2.24, 2.45) is 22.1 Å². The fourth-order valence-electron chi connectivity index (χ4n) is 7.17. The highest BCUT2D eigenvalue weighted by molar-refractivity contribution is 7.92. The van der Waals surface area contributed by atoms with E-state index in [2.05, 4.69) is 33.2 Å². The molecule has 5 rings (SSSR count). The predicted molar refractivity (Wildman–Crippen MR) is 213 cm³/mol. The molecule has 53 heavy (non-hydrogen) atoms. The Morgan fingerprint density at radius 3 is 2.57 bits per heavy atom. The normalized spacial score (nSPS) is 19.9. The van der Waals surface area contributed by atoms with E-state index < -0.39 is 28.0 Å². The van der Waals surface area contributed by atoms with Crippen LogP contribution < -0.4 is 14.4 Å². The summed E-state index contributed by atoms with van der Waals surface area (Å²) in [6.45, 7) is 13.1. The highest BCUT2D eigenvalue weighted by Crippen LogP contribution is 2.42. The first-order valence-electron chi connectivity index (χ1n) is 18.4. The molecule has 1 aliphatic carbocycles. The van der Waals surface area contributed by atoms with Crippen molar-refractivity contribution >= 4 is 39.2 Å². The number of halogens is 1. The third-order valence-electron chi connectivity index (χ3n) is 10.1. The van der Waals surface area contributed by atoms with Gasteiger partial charge in [-0.1, -0.05) is 67.1 Å². The molecule has 0 bridgehead atoms. The van der Waals surface area contributed by atoms with Crippen molar-refractivity contribution in [1.82, 2.24) is 4.72 Å². The number of carbonyl (C=O) groups excluding carboxylic acids is 2. The van der Waals surface area contributed by atoms with Gasteiger partial charge in [-0.25, -0.2) is 13.7 Å². The number of ether oxygens (including phenoxy) is 3. The van der Waals surface area contributed by atoms with E-state index in [1.807, 2.05) is 55.5 Å². The summed E-state index contributed by atoms with van der Waals surface area (Å²) in [6.07, 6.45) is 7.24. The quantitative estimate of drug-likeness (QED) is 0.173. The summed E-state index contributed by atoms with van der Waals surface area (Å²) in [4.78, 5) is 29.4. The molecule has 1 fully saturated rings. The molecule has 9 nitrogen and oxygen atoms in total. The first kappa shape index (κ1) is 40.1. The van der Waals surface area contributed by atoms with Crippen LogP contribution in [0, 0.1) is 17.8 Å². The lowest BCUT2D eigenvalue weighted by atomic mass is 9.70. The number of allylic oxidation sites excluding steroid dienone is 1. The van der Waals surface area contributed by atoms with Crippen LogP contribution in [0.5, 0.6) is 5.75 Å². The van der Waals surface area contributed by atoms with Crippen molar-refractivity contribution in [3.05, 3.63) is 119 Å².